The SMILES string of the molecule is CC1(C)OB(c2cc(Br)cc(C3CC3)c2C(F)(F)F)OC1(C)C. The van der Waals surface area contributed by atoms with Crippen LogP contribution >= 0.6 is 15.9 Å². The van der Waals surface area contributed by atoms with Crippen LogP contribution in [0.3, 0.4) is 0 Å². The zero-order chi connectivity index (χ0) is 17.2. The lowest BCUT2D eigenvalue weighted by atomic mass is 9.74. The van der Waals surface area contributed by atoms with E-state index in [0.29, 0.717) is 10.0 Å². The highest BCUT2D eigenvalue weighted by molar-refractivity contribution is 9.10. The first-order chi connectivity index (χ1) is 10.4. The lowest BCUT2D eigenvalue weighted by molar-refractivity contribution is -0.137. The van der Waals surface area contributed by atoms with Crippen LogP contribution in [-0.4, -0.2) is 18.3 Å². The monoisotopic (exact) mass is 390 g/mol. The second kappa shape index (κ2) is 5.23. The van der Waals surface area contributed by atoms with Crippen LogP contribution in [0.25, 0.3) is 0 Å². The van der Waals surface area contributed by atoms with Gasteiger partial charge in [0, 0.05) is 4.47 Å². The maximum absolute atomic E-state index is 13.7. The molecule has 1 saturated heterocycles. The molecule has 23 heavy (non-hydrogen) atoms. The summed E-state index contributed by atoms with van der Waals surface area (Å²) >= 11 is 3.34. The van der Waals surface area contributed by atoms with Crippen molar-refractivity contribution in [1.82, 2.24) is 0 Å². The van der Waals surface area contributed by atoms with Crippen molar-refractivity contribution in [3.8, 4) is 0 Å². The number of halogens is 4. The second-order valence-electron chi connectivity index (χ2n) is 7.32. The summed E-state index contributed by atoms with van der Waals surface area (Å²) in [5.74, 6) is -0.0229. The highest BCUT2D eigenvalue weighted by Gasteiger charge is 2.54. The van der Waals surface area contributed by atoms with E-state index < -0.39 is 30.1 Å². The molecular formula is C16H19BBrF3O2. The van der Waals surface area contributed by atoms with E-state index in [0.717, 1.165) is 12.8 Å². The number of hydrogen-bond acceptors (Lipinski definition) is 2. The van der Waals surface area contributed by atoms with Crippen molar-refractivity contribution in [2.24, 2.45) is 0 Å². The van der Waals surface area contributed by atoms with Crippen LogP contribution in [0.2, 0.25) is 0 Å². The molecule has 0 N–H and O–H groups in total. The molecule has 0 unspecified atom stereocenters. The van der Waals surface area contributed by atoms with Gasteiger partial charge in [-0.15, -0.1) is 0 Å². The molecule has 7 heteroatoms. The standard InChI is InChI=1S/C16H19BBrF3O2/c1-14(2)15(3,4)23-17(22-14)12-8-10(18)7-11(9-5-6-9)13(12)16(19,20)21/h7-9H,5-6H2,1-4H3. The van der Waals surface area contributed by atoms with Crippen LogP contribution in [0, 0.1) is 0 Å². The summed E-state index contributed by atoms with van der Waals surface area (Å²) in [7, 11) is -1.02. The highest BCUT2D eigenvalue weighted by atomic mass is 79.9. The van der Waals surface area contributed by atoms with Gasteiger partial charge in [0.1, 0.15) is 0 Å². The molecule has 1 heterocycles. The van der Waals surface area contributed by atoms with E-state index in [9.17, 15) is 13.2 Å². The molecule has 1 aliphatic carbocycles. The Morgan fingerprint density at radius 2 is 1.61 bits per heavy atom. The Balaban J connectivity index is 2.13. The smallest absolute Gasteiger partial charge is 0.399 e. The van der Waals surface area contributed by atoms with Gasteiger partial charge in [0.05, 0.1) is 16.8 Å². The number of benzene rings is 1. The first-order valence-corrected chi connectivity index (χ1v) is 8.48. The molecule has 0 bridgehead atoms. The molecule has 126 valence electrons. The Labute approximate surface area is 143 Å². The third-order valence-corrected chi connectivity index (χ3v) is 5.43. The Morgan fingerprint density at radius 3 is 2.04 bits per heavy atom. The first kappa shape index (κ1) is 17.3. The fourth-order valence-electron chi connectivity index (χ4n) is 2.85. The molecule has 1 aliphatic heterocycles. The van der Waals surface area contributed by atoms with Gasteiger partial charge in [0.2, 0.25) is 0 Å². The predicted molar refractivity (Wildman–Crippen MR) is 86.8 cm³/mol. The Kier molecular flexibility index (Phi) is 3.94. The fraction of sp³-hybridized carbons (Fsp3) is 0.625. The normalized spacial score (nSPS) is 23.4. The van der Waals surface area contributed by atoms with Gasteiger partial charge in [-0.25, -0.2) is 0 Å². The van der Waals surface area contributed by atoms with Crippen molar-refractivity contribution in [3.05, 3.63) is 27.7 Å². The minimum absolute atomic E-state index is 0.0229. The minimum atomic E-state index is -4.43. The van der Waals surface area contributed by atoms with Crippen molar-refractivity contribution in [1.29, 1.82) is 0 Å². The number of rotatable bonds is 2. The molecule has 2 fully saturated rings. The molecule has 1 saturated carbocycles. The molecule has 0 spiro atoms. The van der Waals surface area contributed by atoms with Crippen LogP contribution in [0.4, 0.5) is 13.2 Å². The summed E-state index contributed by atoms with van der Waals surface area (Å²) in [5, 5.41) is 0. The van der Waals surface area contributed by atoms with Crippen molar-refractivity contribution in [2.45, 2.75) is 63.8 Å². The topological polar surface area (TPSA) is 18.5 Å². The molecule has 0 amide bonds. The van der Waals surface area contributed by atoms with E-state index in [1.165, 1.54) is 6.07 Å². The molecule has 2 aliphatic rings. The molecular weight excluding hydrogens is 372 g/mol. The lowest BCUT2D eigenvalue weighted by Crippen LogP contribution is -2.41. The number of hydrogen-bond donors (Lipinski definition) is 0. The summed E-state index contributed by atoms with van der Waals surface area (Å²) in [6.45, 7) is 7.33. The molecule has 0 radical (unpaired) electrons. The van der Waals surface area contributed by atoms with Crippen LogP contribution in [0.5, 0.6) is 0 Å². The van der Waals surface area contributed by atoms with E-state index in [1.54, 1.807) is 6.07 Å². The van der Waals surface area contributed by atoms with Crippen molar-refractivity contribution >= 4 is 28.5 Å². The maximum Gasteiger partial charge on any atom is 0.495 e. The van der Waals surface area contributed by atoms with Crippen molar-refractivity contribution in [2.75, 3.05) is 0 Å². The van der Waals surface area contributed by atoms with Crippen LogP contribution in [0.15, 0.2) is 16.6 Å². The number of alkyl halides is 3. The molecule has 3 rings (SSSR count). The average molecular weight is 391 g/mol. The third-order valence-electron chi connectivity index (χ3n) is 4.97. The van der Waals surface area contributed by atoms with Gasteiger partial charge in [-0.05, 0) is 69.6 Å². The zero-order valence-electron chi connectivity index (χ0n) is 13.6. The van der Waals surface area contributed by atoms with Crippen LogP contribution in [-0.2, 0) is 15.5 Å². The van der Waals surface area contributed by atoms with E-state index in [4.69, 9.17) is 9.31 Å². The van der Waals surface area contributed by atoms with E-state index in [2.05, 4.69) is 15.9 Å². The first-order valence-electron chi connectivity index (χ1n) is 7.68. The lowest BCUT2D eigenvalue weighted by Gasteiger charge is -2.32. The summed E-state index contributed by atoms with van der Waals surface area (Å²) in [6.07, 6.45) is -2.85. The predicted octanol–water partition coefficient (Wildman–Crippen LogP) is 4.64. The second-order valence-corrected chi connectivity index (χ2v) is 8.24. The Hall–Kier alpha value is -0.525. The zero-order valence-corrected chi connectivity index (χ0v) is 15.1. The van der Waals surface area contributed by atoms with Crippen molar-refractivity contribution in [3.63, 3.8) is 0 Å². The van der Waals surface area contributed by atoms with E-state index in [1.807, 2.05) is 27.7 Å². The van der Waals surface area contributed by atoms with Gasteiger partial charge in [0.15, 0.2) is 0 Å². The molecule has 1 aromatic rings. The average Bonchev–Trinajstić information content (AvgIpc) is 3.15. The van der Waals surface area contributed by atoms with Gasteiger partial charge >= 0.3 is 13.3 Å². The van der Waals surface area contributed by atoms with Gasteiger partial charge in [0.25, 0.3) is 0 Å². The molecule has 1 aromatic carbocycles. The quantitative estimate of drug-likeness (QED) is 0.684. The van der Waals surface area contributed by atoms with Crippen LogP contribution in [0.1, 0.15) is 57.6 Å². The van der Waals surface area contributed by atoms with Crippen LogP contribution < -0.4 is 5.46 Å². The fourth-order valence-corrected chi connectivity index (χ4v) is 3.34. The van der Waals surface area contributed by atoms with Crippen molar-refractivity contribution < 1.29 is 22.5 Å². The Morgan fingerprint density at radius 1 is 1.09 bits per heavy atom. The van der Waals surface area contributed by atoms with Gasteiger partial charge in [-0.1, -0.05) is 15.9 Å². The van der Waals surface area contributed by atoms with E-state index in [-0.39, 0.29) is 11.4 Å². The third kappa shape index (κ3) is 3.07. The van der Waals surface area contributed by atoms with Gasteiger partial charge in [-0.2, -0.15) is 13.2 Å². The largest absolute Gasteiger partial charge is 0.495 e. The summed E-state index contributed by atoms with van der Waals surface area (Å²) in [4.78, 5) is 0. The summed E-state index contributed by atoms with van der Waals surface area (Å²) in [5.41, 5.74) is -1.55. The Bertz CT molecular complexity index is 623. The summed E-state index contributed by atoms with van der Waals surface area (Å²) < 4.78 is 53.6. The van der Waals surface area contributed by atoms with Gasteiger partial charge < -0.3 is 9.31 Å². The van der Waals surface area contributed by atoms with E-state index >= 15 is 0 Å². The summed E-state index contributed by atoms with van der Waals surface area (Å²) in [6, 6.07) is 3.05. The molecule has 2 nitrogen and oxygen atoms in total. The van der Waals surface area contributed by atoms with Gasteiger partial charge in [-0.3, -0.25) is 0 Å². The minimum Gasteiger partial charge on any atom is -0.399 e. The molecule has 0 aromatic heterocycles. The molecule has 0 atom stereocenters. The maximum atomic E-state index is 13.7. The highest BCUT2D eigenvalue weighted by Crippen LogP contribution is 2.47.